The van der Waals surface area contributed by atoms with Crippen LogP contribution < -0.4 is 10.4 Å². The zero-order valence-corrected chi connectivity index (χ0v) is 29.9. The second-order valence-corrected chi connectivity index (χ2v) is 14.3. The summed E-state index contributed by atoms with van der Waals surface area (Å²) >= 11 is 5.92. The van der Waals surface area contributed by atoms with Gasteiger partial charge in [-0.2, -0.15) is 0 Å². The smallest absolute Gasteiger partial charge is 0.338 e. The Balaban J connectivity index is 0.000000179. The number of hydrogen-bond acceptors (Lipinski definition) is 8. The second-order valence-electron chi connectivity index (χ2n) is 13.8. The van der Waals surface area contributed by atoms with E-state index in [0.29, 0.717) is 53.2 Å². The third-order valence-electron chi connectivity index (χ3n) is 9.73. The van der Waals surface area contributed by atoms with Crippen molar-refractivity contribution < 1.29 is 33.0 Å². The van der Waals surface area contributed by atoms with Crippen molar-refractivity contribution in [1.29, 1.82) is 0 Å². The van der Waals surface area contributed by atoms with Gasteiger partial charge in [-0.1, -0.05) is 41.9 Å². The molecule has 4 aromatic carbocycles. The lowest BCUT2D eigenvalue weighted by atomic mass is 9.84. The predicted molar refractivity (Wildman–Crippen MR) is 198 cm³/mol. The van der Waals surface area contributed by atoms with Gasteiger partial charge in [0.2, 0.25) is 0 Å². The van der Waals surface area contributed by atoms with Crippen LogP contribution in [0.2, 0.25) is 5.02 Å². The summed E-state index contributed by atoms with van der Waals surface area (Å²) in [6, 6.07) is 28.8. The van der Waals surface area contributed by atoms with E-state index in [2.05, 4.69) is 4.90 Å². The van der Waals surface area contributed by atoms with Crippen molar-refractivity contribution in [2.75, 3.05) is 19.6 Å². The molecule has 0 saturated carbocycles. The Labute approximate surface area is 306 Å². The van der Waals surface area contributed by atoms with Crippen molar-refractivity contribution in [2.45, 2.75) is 63.3 Å². The molecule has 1 saturated heterocycles. The molecule has 2 aliphatic heterocycles. The van der Waals surface area contributed by atoms with Gasteiger partial charge >= 0.3 is 11.6 Å². The molecule has 1 N–H and O–H groups in total. The maximum Gasteiger partial charge on any atom is 0.338 e. The third-order valence-corrected chi connectivity index (χ3v) is 9.98. The molecular formula is C42H41ClFNO7. The zero-order chi connectivity index (χ0) is 36.9. The van der Waals surface area contributed by atoms with Gasteiger partial charge < -0.3 is 23.9 Å². The van der Waals surface area contributed by atoms with E-state index in [-0.39, 0.29) is 23.7 Å². The largest absolute Gasteiger partial charge is 0.485 e. The van der Waals surface area contributed by atoms with Crippen LogP contribution in [0.25, 0.3) is 11.0 Å². The van der Waals surface area contributed by atoms with E-state index < -0.39 is 16.8 Å². The number of carbonyl (C=O) groups is 2. The van der Waals surface area contributed by atoms with Crippen molar-refractivity contribution in [3.8, 4) is 5.75 Å². The van der Waals surface area contributed by atoms with E-state index in [1.165, 1.54) is 30.3 Å². The number of Topliss-reactive ketones (excluding diaryl/α,β-unsaturated/α-hetero) is 1. The van der Waals surface area contributed by atoms with Crippen LogP contribution in [0.15, 0.2) is 112 Å². The van der Waals surface area contributed by atoms with Crippen LogP contribution in [-0.2, 0) is 16.8 Å². The van der Waals surface area contributed by atoms with Gasteiger partial charge in [-0.25, -0.2) is 14.0 Å². The minimum absolute atomic E-state index is 0.0414. The average molecular weight is 726 g/mol. The molecule has 3 heterocycles. The van der Waals surface area contributed by atoms with Gasteiger partial charge in [0.15, 0.2) is 5.78 Å². The first kappa shape index (κ1) is 36.9. The molecule has 1 unspecified atom stereocenters. The highest BCUT2D eigenvalue weighted by molar-refractivity contribution is 6.30. The molecule has 0 bridgehead atoms. The summed E-state index contributed by atoms with van der Waals surface area (Å²) in [4.78, 5) is 38.2. The highest BCUT2D eigenvalue weighted by Crippen LogP contribution is 2.37. The lowest BCUT2D eigenvalue weighted by molar-refractivity contribution is -0.0517. The fraction of sp³-hybridized carbons (Fsp3) is 0.310. The van der Waals surface area contributed by atoms with Crippen molar-refractivity contribution in [3.05, 3.63) is 147 Å². The molecule has 0 radical (unpaired) electrons. The first-order chi connectivity index (χ1) is 24.9. The molecule has 0 amide bonds. The Bertz CT molecular complexity index is 2070. The fourth-order valence-electron chi connectivity index (χ4n) is 6.57. The van der Waals surface area contributed by atoms with E-state index >= 15 is 0 Å². The standard InChI is InChI=1S/C21H23ClFNO2.C21H18O5/c22-18-7-5-17(6-8-18)21(26)11-14-24(15-12-21)13-1-2-20(25)16-3-9-19(23)10-4-16;1-21(2,26-20(23)13-6-4-3-5-7-13)18-11-15-10-14-8-9-19(22)25-16(14)12-17(15)24-18/h3-10,26H,1-2,11-15H2;3-10,12,18H,11H2,1-2H3. The maximum atomic E-state index is 12.9. The molecule has 52 heavy (non-hydrogen) atoms. The maximum absolute atomic E-state index is 12.9. The summed E-state index contributed by atoms with van der Waals surface area (Å²) in [6.45, 7) is 6.09. The molecule has 270 valence electrons. The van der Waals surface area contributed by atoms with Crippen LogP contribution in [0, 0.1) is 5.82 Å². The Morgan fingerprint density at radius 2 is 1.63 bits per heavy atom. The van der Waals surface area contributed by atoms with Gasteiger partial charge in [0.1, 0.15) is 28.9 Å². The van der Waals surface area contributed by atoms with Crippen LogP contribution in [0.3, 0.4) is 0 Å². The Morgan fingerprint density at radius 1 is 0.942 bits per heavy atom. The molecule has 1 fully saturated rings. The van der Waals surface area contributed by atoms with E-state index in [9.17, 15) is 23.9 Å². The minimum atomic E-state index is -0.820. The van der Waals surface area contributed by atoms with Gasteiger partial charge in [0.25, 0.3) is 0 Å². The SMILES string of the molecule is CC(C)(OC(=O)c1ccccc1)C1Cc2cc3ccc(=O)oc3cc2O1.O=C(CCCN1CCC(O)(c2ccc(Cl)cc2)CC1)c1ccc(F)cc1. The summed E-state index contributed by atoms with van der Waals surface area (Å²) in [6.07, 6.45) is 2.83. The number of carbonyl (C=O) groups excluding carboxylic acids is 2. The van der Waals surface area contributed by atoms with Gasteiger partial charge in [-0.3, -0.25) is 4.79 Å². The highest BCUT2D eigenvalue weighted by atomic mass is 35.5. The van der Waals surface area contributed by atoms with E-state index in [1.54, 1.807) is 36.4 Å². The molecule has 7 rings (SSSR count). The lowest BCUT2D eigenvalue weighted by Crippen LogP contribution is -2.43. The van der Waals surface area contributed by atoms with Gasteiger partial charge in [0, 0.05) is 54.0 Å². The topological polar surface area (TPSA) is 106 Å². The summed E-state index contributed by atoms with van der Waals surface area (Å²) in [5.74, 6) is -0.0188. The van der Waals surface area contributed by atoms with Crippen LogP contribution in [0.1, 0.15) is 71.4 Å². The number of ketones is 1. The van der Waals surface area contributed by atoms with E-state index in [4.69, 9.17) is 25.5 Å². The van der Waals surface area contributed by atoms with Gasteiger partial charge in [0.05, 0.1) is 11.2 Å². The van der Waals surface area contributed by atoms with Crippen molar-refractivity contribution in [2.24, 2.45) is 0 Å². The average Bonchev–Trinajstić information content (AvgIpc) is 3.56. The Hall–Kier alpha value is -4.83. The molecule has 2 aliphatic rings. The minimum Gasteiger partial charge on any atom is -0.485 e. The monoisotopic (exact) mass is 725 g/mol. The third kappa shape index (κ3) is 8.96. The number of rotatable bonds is 9. The number of fused-ring (bicyclic) bond motifs is 2. The summed E-state index contributed by atoms with van der Waals surface area (Å²) in [7, 11) is 0. The van der Waals surface area contributed by atoms with Crippen LogP contribution in [-0.4, -0.2) is 53.1 Å². The Morgan fingerprint density at radius 3 is 2.33 bits per heavy atom. The fourth-order valence-corrected chi connectivity index (χ4v) is 6.70. The molecule has 1 atom stereocenters. The number of halogens is 2. The summed E-state index contributed by atoms with van der Waals surface area (Å²) in [5, 5.41) is 12.4. The Kier molecular flexibility index (Phi) is 11.2. The van der Waals surface area contributed by atoms with Crippen molar-refractivity contribution in [1.82, 2.24) is 4.90 Å². The summed E-state index contributed by atoms with van der Waals surface area (Å²) in [5.41, 5.74) is 1.43. The molecule has 0 spiro atoms. The number of piperidine rings is 1. The quantitative estimate of drug-likeness (QED) is 0.0922. The molecular weight excluding hydrogens is 685 g/mol. The first-order valence-electron chi connectivity index (χ1n) is 17.4. The zero-order valence-electron chi connectivity index (χ0n) is 29.1. The molecule has 1 aromatic heterocycles. The number of esters is 1. The molecule has 8 nitrogen and oxygen atoms in total. The van der Waals surface area contributed by atoms with Gasteiger partial charge in [-0.05, 0) is 111 Å². The normalized spacial score (nSPS) is 16.7. The number of hydrogen-bond donors (Lipinski definition) is 1. The lowest BCUT2D eigenvalue weighted by Gasteiger charge is -2.38. The number of benzene rings is 4. The van der Waals surface area contributed by atoms with Crippen LogP contribution >= 0.6 is 11.6 Å². The van der Waals surface area contributed by atoms with Crippen molar-refractivity contribution >= 4 is 34.3 Å². The van der Waals surface area contributed by atoms with Crippen LogP contribution in [0.4, 0.5) is 4.39 Å². The number of ether oxygens (including phenoxy) is 2. The number of likely N-dealkylation sites (tertiary alicyclic amines) is 1. The van der Waals surface area contributed by atoms with E-state index in [0.717, 1.165) is 42.6 Å². The van der Waals surface area contributed by atoms with E-state index in [1.807, 2.05) is 50.2 Å². The molecule has 10 heteroatoms. The first-order valence-corrected chi connectivity index (χ1v) is 17.8. The van der Waals surface area contributed by atoms with Crippen LogP contribution in [0.5, 0.6) is 5.75 Å². The summed E-state index contributed by atoms with van der Waals surface area (Å²) < 4.78 is 29.8. The second kappa shape index (κ2) is 15.8. The van der Waals surface area contributed by atoms with Gasteiger partial charge in [-0.15, -0.1) is 0 Å². The van der Waals surface area contributed by atoms with Crippen molar-refractivity contribution in [3.63, 3.8) is 0 Å². The number of nitrogens with zero attached hydrogens (tertiary/aromatic N) is 1. The number of aliphatic hydroxyl groups is 1. The molecule has 5 aromatic rings. The highest BCUT2D eigenvalue weighted by Gasteiger charge is 2.40. The molecule has 0 aliphatic carbocycles. The predicted octanol–water partition coefficient (Wildman–Crippen LogP) is 8.16.